The molecule has 1 unspecified atom stereocenters. The van der Waals surface area contributed by atoms with Crippen LogP contribution in [0.25, 0.3) is 10.8 Å². The summed E-state index contributed by atoms with van der Waals surface area (Å²) in [6, 6.07) is 21.4. The van der Waals surface area contributed by atoms with E-state index in [0.29, 0.717) is 32.4 Å². The molecule has 0 bridgehead atoms. The number of amides is 2. The zero-order valence-electron chi connectivity index (χ0n) is 19.3. The number of nitrogens with one attached hydrogen (secondary N) is 1. The molecule has 1 atom stereocenters. The molecule has 1 aliphatic heterocycles. The van der Waals surface area contributed by atoms with E-state index in [1.807, 2.05) is 47.4 Å². The van der Waals surface area contributed by atoms with Crippen molar-refractivity contribution in [1.82, 2.24) is 10.2 Å². The maximum absolute atomic E-state index is 14.0. The second kappa shape index (κ2) is 9.41. The minimum Gasteiger partial charge on any atom is -0.345 e. The summed E-state index contributed by atoms with van der Waals surface area (Å²) in [6.45, 7) is 1.04. The first-order valence-corrected chi connectivity index (χ1v) is 12.2. The van der Waals surface area contributed by atoms with Crippen molar-refractivity contribution in [1.29, 1.82) is 0 Å². The second-order valence-corrected chi connectivity index (χ2v) is 9.63. The molecule has 3 aromatic rings. The van der Waals surface area contributed by atoms with Gasteiger partial charge >= 0.3 is 0 Å². The molecule has 0 radical (unpaired) electrons. The Morgan fingerprint density at radius 2 is 1.65 bits per heavy atom. The summed E-state index contributed by atoms with van der Waals surface area (Å²) in [7, 11) is 0. The molecule has 0 spiro atoms. The number of carbonyl (C=O) groups is 3. The number of rotatable bonds is 6. The predicted octanol–water partition coefficient (Wildman–Crippen LogP) is 4.56. The summed E-state index contributed by atoms with van der Waals surface area (Å²) in [4.78, 5) is 41.3. The average Bonchev–Trinajstić information content (AvgIpc) is 3.34. The largest absolute Gasteiger partial charge is 0.345 e. The molecule has 5 rings (SSSR count). The summed E-state index contributed by atoms with van der Waals surface area (Å²) in [5, 5.41) is 5.26. The van der Waals surface area contributed by atoms with Crippen LogP contribution in [0.4, 0.5) is 0 Å². The van der Waals surface area contributed by atoms with Crippen molar-refractivity contribution in [3.63, 3.8) is 0 Å². The molecule has 1 fully saturated rings. The van der Waals surface area contributed by atoms with Gasteiger partial charge in [-0.2, -0.15) is 0 Å². The number of benzene rings is 3. The van der Waals surface area contributed by atoms with Crippen molar-refractivity contribution < 1.29 is 14.4 Å². The Labute approximate surface area is 200 Å². The normalized spacial score (nSPS) is 17.7. The molecule has 0 saturated heterocycles. The Morgan fingerprint density at radius 1 is 0.912 bits per heavy atom. The van der Waals surface area contributed by atoms with E-state index in [4.69, 9.17) is 0 Å². The Bertz CT molecular complexity index is 1210. The van der Waals surface area contributed by atoms with Gasteiger partial charge in [-0.05, 0) is 46.7 Å². The van der Waals surface area contributed by atoms with Gasteiger partial charge in [-0.15, -0.1) is 0 Å². The van der Waals surface area contributed by atoms with Crippen LogP contribution in [0.5, 0.6) is 0 Å². The van der Waals surface area contributed by atoms with E-state index in [1.54, 1.807) is 0 Å². The van der Waals surface area contributed by atoms with E-state index in [0.717, 1.165) is 42.1 Å². The molecule has 2 aliphatic rings. The fourth-order valence-electron chi connectivity index (χ4n) is 5.62. The highest BCUT2D eigenvalue weighted by Gasteiger charge is 2.49. The predicted molar refractivity (Wildman–Crippen MR) is 132 cm³/mol. The van der Waals surface area contributed by atoms with Gasteiger partial charge in [-0.1, -0.05) is 86.0 Å². The lowest BCUT2D eigenvalue weighted by Gasteiger charge is -2.38. The Kier molecular flexibility index (Phi) is 6.18. The van der Waals surface area contributed by atoms with E-state index >= 15 is 0 Å². The first kappa shape index (κ1) is 22.3. The van der Waals surface area contributed by atoms with Gasteiger partial charge in [0.05, 0.1) is 6.04 Å². The van der Waals surface area contributed by atoms with Gasteiger partial charge in [0.25, 0.3) is 0 Å². The molecule has 1 aliphatic carbocycles. The quantitative estimate of drug-likeness (QED) is 0.439. The maximum Gasteiger partial charge on any atom is 0.238 e. The fraction of sp³-hybridized carbons (Fsp3) is 0.345. The van der Waals surface area contributed by atoms with E-state index < -0.39 is 11.5 Å². The molecule has 1 N–H and O–H groups in total. The van der Waals surface area contributed by atoms with Crippen LogP contribution in [0.2, 0.25) is 0 Å². The van der Waals surface area contributed by atoms with Gasteiger partial charge in [-0.3, -0.25) is 9.59 Å². The second-order valence-electron chi connectivity index (χ2n) is 9.63. The average molecular weight is 455 g/mol. The lowest BCUT2D eigenvalue weighted by atomic mass is 9.72. The van der Waals surface area contributed by atoms with Crippen molar-refractivity contribution in [2.75, 3.05) is 0 Å². The van der Waals surface area contributed by atoms with Crippen molar-refractivity contribution in [2.24, 2.45) is 5.41 Å². The van der Waals surface area contributed by atoms with Gasteiger partial charge in [0.1, 0.15) is 11.7 Å². The van der Waals surface area contributed by atoms with Crippen LogP contribution in [0.15, 0.2) is 66.7 Å². The number of aldehydes is 1. The fourth-order valence-corrected chi connectivity index (χ4v) is 5.62. The van der Waals surface area contributed by atoms with Crippen LogP contribution in [0, 0.1) is 5.41 Å². The summed E-state index contributed by atoms with van der Waals surface area (Å²) >= 11 is 0. The highest BCUT2D eigenvalue weighted by Crippen LogP contribution is 2.41. The van der Waals surface area contributed by atoms with Crippen LogP contribution in [0.1, 0.15) is 48.8 Å². The van der Waals surface area contributed by atoms with Crippen LogP contribution in [-0.2, 0) is 33.9 Å². The third kappa shape index (κ3) is 4.11. The third-order valence-corrected chi connectivity index (χ3v) is 7.47. The van der Waals surface area contributed by atoms with Crippen molar-refractivity contribution in [3.8, 4) is 0 Å². The molecule has 2 amide bonds. The Hall–Kier alpha value is -3.47. The topological polar surface area (TPSA) is 66.5 Å². The molecule has 3 aromatic carbocycles. The summed E-state index contributed by atoms with van der Waals surface area (Å²) < 4.78 is 0. The van der Waals surface area contributed by atoms with Crippen LogP contribution in [0.3, 0.4) is 0 Å². The minimum atomic E-state index is -1.10. The van der Waals surface area contributed by atoms with Crippen molar-refractivity contribution >= 4 is 28.9 Å². The van der Waals surface area contributed by atoms with Gasteiger partial charge in [0.2, 0.25) is 11.8 Å². The van der Waals surface area contributed by atoms with Gasteiger partial charge in [-0.25, -0.2) is 0 Å². The molecular formula is C29H30N2O3. The smallest absolute Gasteiger partial charge is 0.238 e. The number of nitrogens with zero attached hydrogens (tertiary/aromatic N) is 1. The highest BCUT2D eigenvalue weighted by molar-refractivity contribution is 6.06. The molecule has 34 heavy (non-hydrogen) atoms. The standard InChI is InChI=1S/C29H30N2O3/c32-20-24(17-21-9-3-1-4-10-21)30-27(33)29(15-7-2-8-16-29)28(34)31-18-23-14-13-22-11-5-6-12-25(22)26(23)19-31/h1,3-6,9-14,20,24H,2,7-8,15-19H2,(H,30,33). The molecule has 1 heterocycles. The van der Waals surface area contributed by atoms with E-state index in [2.05, 4.69) is 29.6 Å². The zero-order chi connectivity index (χ0) is 23.5. The van der Waals surface area contributed by atoms with Crippen molar-refractivity contribution in [3.05, 3.63) is 83.4 Å². The van der Waals surface area contributed by atoms with Crippen LogP contribution in [-0.4, -0.2) is 29.0 Å². The van der Waals surface area contributed by atoms with E-state index in [-0.39, 0.29) is 11.8 Å². The maximum atomic E-state index is 14.0. The molecule has 0 aromatic heterocycles. The lowest BCUT2D eigenvalue weighted by molar-refractivity contribution is -0.154. The minimum absolute atomic E-state index is 0.102. The molecular weight excluding hydrogens is 424 g/mol. The Morgan fingerprint density at radius 3 is 2.41 bits per heavy atom. The molecule has 5 nitrogen and oxygen atoms in total. The van der Waals surface area contributed by atoms with Gasteiger partial charge in [0.15, 0.2) is 0 Å². The Balaban J connectivity index is 1.38. The zero-order valence-corrected chi connectivity index (χ0v) is 19.3. The summed E-state index contributed by atoms with van der Waals surface area (Å²) in [5.74, 6) is -0.402. The van der Waals surface area contributed by atoms with Crippen molar-refractivity contribution in [2.45, 2.75) is 57.7 Å². The third-order valence-electron chi connectivity index (χ3n) is 7.47. The summed E-state index contributed by atoms with van der Waals surface area (Å²) in [6.07, 6.45) is 4.96. The van der Waals surface area contributed by atoms with Crippen LogP contribution < -0.4 is 5.32 Å². The van der Waals surface area contributed by atoms with E-state index in [1.165, 1.54) is 10.9 Å². The van der Waals surface area contributed by atoms with E-state index in [9.17, 15) is 14.4 Å². The first-order valence-electron chi connectivity index (χ1n) is 12.2. The SMILES string of the molecule is O=CC(Cc1ccccc1)NC(=O)C1(C(=O)N2Cc3ccc4ccccc4c3C2)CCCCC1. The molecule has 5 heteroatoms. The molecule has 174 valence electrons. The highest BCUT2D eigenvalue weighted by atomic mass is 16.2. The first-order chi connectivity index (χ1) is 16.6. The number of hydrogen-bond acceptors (Lipinski definition) is 3. The van der Waals surface area contributed by atoms with Gasteiger partial charge < -0.3 is 15.0 Å². The monoisotopic (exact) mass is 454 g/mol. The number of fused-ring (bicyclic) bond motifs is 3. The number of carbonyl (C=O) groups excluding carboxylic acids is 3. The number of hydrogen-bond donors (Lipinski definition) is 1. The summed E-state index contributed by atoms with van der Waals surface area (Å²) in [5.41, 5.74) is 2.19. The van der Waals surface area contributed by atoms with Crippen LogP contribution >= 0.6 is 0 Å². The van der Waals surface area contributed by atoms with Gasteiger partial charge in [0, 0.05) is 13.1 Å². The lowest BCUT2D eigenvalue weighted by Crippen LogP contribution is -2.55. The molecule has 1 saturated carbocycles.